The molecule has 0 radical (unpaired) electrons. The number of rotatable bonds is 3. The van der Waals surface area contributed by atoms with E-state index in [0.717, 1.165) is 9.32 Å². The quantitative estimate of drug-likeness (QED) is 0.770. The molecule has 0 unspecified atom stereocenters. The maximum atomic E-state index is 12.5. The summed E-state index contributed by atoms with van der Waals surface area (Å²) in [5.41, 5.74) is 0. The average Bonchev–Trinajstić information content (AvgIpc) is 2.11. The van der Waals surface area contributed by atoms with Crippen LogP contribution in [0.5, 0.6) is 5.75 Å². The lowest BCUT2D eigenvalue weighted by Crippen LogP contribution is -2.38. The third kappa shape index (κ3) is 3.03. The van der Waals surface area contributed by atoms with Crippen LogP contribution in [-0.4, -0.2) is 12.5 Å². The number of hydrogen-bond donors (Lipinski definition) is 0. The van der Waals surface area contributed by atoms with Gasteiger partial charge in [0.1, 0.15) is 5.75 Å². The molecule has 1 nitrogen and oxygen atoms in total. The smallest absolute Gasteiger partial charge is 0.248 e. The van der Waals surface area contributed by atoms with Crippen molar-refractivity contribution < 1.29 is 13.5 Å². The van der Waals surface area contributed by atoms with Gasteiger partial charge in [-0.2, -0.15) is 0 Å². The van der Waals surface area contributed by atoms with Crippen molar-refractivity contribution in [2.24, 2.45) is 5.92 Å². The van der Waals surface area contributed by atoms with Gasteiger partial charge in [0.15, 0.2) is 0 Å². The first-order valence-electron chi connectivity index (χ1n) is 4.81. The summed E-state index contributed by atoms with van der Waals surface area (Å²) in [6.45, 7) is 0.398. The van der Waals surface area contributed by atoms with Crippen LogP contribution < -0.4 is 4.74 Å². The molecule has 0 aromatic heterocycles. The monoisotopic (exact) mass is 324 g/mol. The van der Waals surface area contributed by atoms with E-state index in [1.165, 1.54) is 0 Å². The first kappa shape index (κ1) is 11.1. The van der Waals surface area contributed by atoms with Crippen molar-refractivity contribution in [2.75, 3.05) is 6.61 Å². The number of benzene rings is 1. The van der Waals surface area contributed by atoms with E-state index in [1.807, 2.05) is 24.3 Å². The van der Waals surface area contributed by atoms with Crippen LogP contribution in [0.1, 0.15) is 12.8 Å². The molecule has 82 valence electrons. The first-order valence-corrected chi connectivity index (χ1v) is 5.89. The number of halogens is 3. The summed E-state index contributed by atoms with van der Waals surface area (Å²) in [6, 6.07) is 7.60. The highest BCUT2D eigenvalue weighted by molar-refractivity contribution is 14.1. The van der Waals surface area contributed by atoms with Crippen LogP contribution in [0.4, 0.5) is 8.78 Å². The predicted molar refractivity (Wildman–Crippen MR) is 62.3 cm³/mol. The normalized spacial score (nSPS) is 19.7. The van der Waals surface area contributed by atoms with E-state index >= 15 is 0 Å². The van der Waals surface area contributed by atoms with E-state index in [9.17, 15) is 8.78 Å². The maximum absolute atomic E-state index is 12.5. The minimum atomic E-state index is -2.45. The van der Waals surface area contributed by atoms with Crippen LogP contribution in [0.25, 0.3) is 0 Å². The Bertz CT molecular complexity index is 346. The highest BCUT2D eigenvalue weighted by Gasteiger charge is 2.45. The van der Waals surface area contributed by atoms with E-state index in [1.54, 1.807) is 0 Å². The Hall–Kier alpha value is -0.390. The molecule has 0 bridgehead atoms. The Balaban J connectivity index is 1.80. The van der Waals surface area contributed by atoms with Crippen molar-refractivity contribution in [3.63, 3.8) is 0 Å². The van der Waals surface area contributed by atoms with Gasteiger partial charge >= 0.3 is 0 Å². The van der Waals surface area contributed by atoms with Crippen molar-refractivity contribution >= 4 is 22.6 Å². The van der Waals surface area contributed by atoms with Crippen LogP contribution in [0.15, 0.2) is 24.3 Å². The summed E-state index contributed by atoms with van der Waals surface area (Å²) >= 11 is 2.19. The molecule has 0 amide bonds. The number of ether oxygens (including phenoxy) is 1. The molecule has 1 aliphatic carbocycles. The molecule has 2 rings (SSSR count). The molecule has 0 heterocycles. The van der Waals surface area contributed by atoms with Gasteiger partial charge in [-0.1, -0.05) is 6.07 Å². The van der Waals surface area contributed by atoms with Gasteiger partial charge in [-0.15, -0.1) is 0 Å². The first-order chi connectivity index (χ1) is 7.05. The minimum Gasteiger partial charge on any atom is -0.493 e. The van der Waals surface area contributed by atoms with E-state index in [0.29, 0.717) is 6.61 Å². The zero-order valence-electron chi connectivity index (χ0n) is 8.05. The second kappa shape index (κ2) is 4.23. The van der Waals surface area contributed by atoms with Crippen molar-refractivity contribution in [3.05, 3.63) is 27.8 Å². The van der Waals surface area contributed by atoms with E-state index in [4.69, 9.17) is 4.74 Å². The van der Waals surface area contributed by atoms with Crippen molar-refractivity contribution in [1.82, 2.24) is 0 Å². The Morgan fingerprint density at radius 1 is 1.40 bits per heavy atom. The minimum absolute atomic E-state index is 0.0119. The van der Waals surface area contributed by atoms with Gasteiger partial charge in [-0.25, -0.2) is 8.78 Å². The van der Waals surface area contributed by atoms with Gasteiger partial charge in [0.2, 0.25) is 5.92 Å². The van der Waals surface area contributed by atoms with Crippen LogP contribution in [-0.2, 0) is 0 Å². The molecule has 0 spiro atoms. The van der Waals surface area contributed by atoms with E-state index in [-0.39, 0.29) is 18.8 Å². The molecule has 15 heavy (non-hydrogen) atoms. The molecule has 0 saturated heterocycles. The molecule has 0 aliphatic heterocycles. The summed E-state index contributed by atoms with van der Waals surface area (Å²) in [5, 5.41) is 0. The highest BCUT2D eigenvalue weighted by atomic mass is 127. The van der Waals surface area contributed by atoms with Gasteiger partial charge in [-0.05, 0) is 40.8 Å². The Labute approximate surface area is 101 Å². The number of alkyl halides is 2. The van der Waals surface area contributed by atoms with Crippen molar-refractivity contribution in [3.8, 4) is 5.75 Å². The second-order valence-corrected chi connectivity index (χ2v) is 5.14. The van der Waals surface area contributed by atoms with Crippen molar-refractivity contribution in [2.45, 2.75) is 18.8 Å². The zero-order valence-corrected chi connectivity index (χ0v) is 10.2. The van der Waals surface area contributed by atoms with Crippen LogP contribution in [0.2, 0.25) is 0 Å². The highest BCUT2D eigenvalue weighted by Crippen LogP contribution is 2.42. The van der Waals surface area contributed by atoms with E-state index in [2.05, 4.69) is 22.6 Å². The van der Waals surface area contributed by atoms with Crippen LogP contribution in [0.3, 0.4) is 0 Å². The van der Waals surface area contributed by atoms with Gasteiger partial charge in [0.05, 0.1) is 6.61 Å². The predicted octanol–water partition coefficient (Wildman–Crippen LogP) is 3.72. The van der Waals surface area contributed by atoms with Crippen LogP contribution >= 0.6 is 22.6 Å². The van der Waals surface area contributed by atoms with Gasteiger partial charge in [0.25, 0.3) is 0 Å². The molecule has 0 atom stereocenters. The van der Waals surface area contributed by atoms with Gasteiger partial charge in [-0.3, -0.25) is 0 Å². The molecular formula is C11H11F2IO. The van der Waals surface area contributed by atoms with Gasteiger partial charge < -0.3 is 4.74 Å². The molecule has 1 aromatic carbocycles. The molecular weight excluding hydrogens is 313 g/mol. The number of hydrogen-bond acceptors (Lipinski definition) is 1. The summed E-state index contributed by atoms with van der Waals surface area (Å²) in [7, 11) is 0. The summed E-state index contributed by atoms with van der Waals surface area (Å²) in [6.07, 6.45) is -0.0617. The Morgan fingerprint density at radius 2 is 2.13 bits per heavy atom. The topological polar surface area (TPSA) is 9.23 Å². The maximum Gasteiger partial charge on any atom is 0.248 e. The lowest BCUT2D eigenvalue weighted by molar-refractivity contribution is -0.119. The molecule has 1 aromatic rings. The fourth-order valence-corrected chi connectivity index (χ4v) is 2.19. The Morgan fingerprint density at radius 3 is 2.73 bits per heavy atom. The van der Waals surface area contributed by atoms with Crippen LogP contribution in [0, 0.1) is 9.49 Å². The molecule has 1 saturated carbocycles. The van der Waals surface area contributed by atoms with Gasteiger partial charge in [0, 0.05) is 22.3 Å². The summed E-state index contributed by atoms with van der Waals surface area (Å²) in [4.78, 5) is 0. The lowest BCUT2D eigenvalue weighted by atomic mass is 9.82. The Kier molecular flexibility index (Phi) is 3.13. The second-order valence-electron chi connectivity index (χ2n) is 3.90. The molecule has 4 heteroatoms. The fourth-order valence-electron chi connectivity index (χ4n) is 1.67. The van der Waals surface area contributed by atoms with Crippen molar-refractivity contribution in [1.29, 1.82) is 0 Å². The summed E-state index contributed by atoms with van der Waals surface area (Å²) in [5.74, 6) is -1.67. The lowest BCUT2D eigenvalue weighted by Gasteiger charge is -2.34. The third-order valence-electron chi connectivity index (χ3n) is 2.46. The molecule has 1 aliphatic rings. The third-order valence-corrected chi connectivity index (χ3v) is 3.13. The summed E-state index contributed by atoms with van der Waals surface area (Å²) < 4.78 is 31.6. The largest absolute Gasteiger partial charge is 0.493 e. The SMILES string of the molecule is FC1(F)CC(COc2cccc(I)c2)C1. The zero-order chi connectivity index (χ0) is 10.9. The average molecular weight is 324 g/mol. The molecule has 1 fully saturated rings. The molecule has 0 N–H and O–H groups in total. The fraction of sp³-hybridized carbons (Fsp3) is 0.455. The standard InChI is InChI=1S/C11H11F2IO/c12-11(13)5-8(6-11)7-15-10-3-1-2-9(14)4-10/h1-4,8H,5-7H2. The van der Waals surface area contributed by atoms with E-state index < -0.39 is 5.92 Å².